The third-order valence-electron chi connectivity index (χ3n) is 1.80. The van der Waals surface area contributed by atoms with Gasteiger partial charge in [-0.2, -0.15) is 0 Å². The normalized spacial score (nSPS) is 9.40. The first-order chi connectivity index (χ1) is 7.10. The number of carbonyl (C=O) groups excluding carboxylic acids is 1. The van der Waals surface area contributed by atoms with Crippen molar-refractivity contribution in [2.75, 3.05) is 7.11 Å². The van der Waals surface area contributed by atoms with Crippen LogP contribution in [0, 0.1) is 16.2 Å². The number of nitro groups is 1. The Hall–Kier alpha value is -2.17. The Labute approximate surface area is 86.1 Å². The Morgan fingerprint density at radius 1 is 1.60 bits per heavy atom. The van der Waals surface area contributed by atoms with Gasteiger partial charge in [0.05, 0.1) is 12.0 Å². The molecule has 5 heteroatoms. The molecule has 15 heavy (non-hydrogen) atoms. The summed E-state index contributed by atoms with van der Waals surface area (Å²) in [6, 6.07) is 4.04. The molecule has 0 heterocycles. The zero-order chi connectivity index (χ0) is 11.4. The number of esters is 1. The number of ether oxygens (including phenoxy) is 1. The summed E-state index contributed by atoms with van der Waals surface area (Å²) < 4.78 is 4.42. The maximum Gasteiger partial charge on any atom is 0.344 e. The van der Waals surface area contributed by atoms with E-state index in [0.717, 1.165) is 0 Å². The molecule has 1 aromatic rings. The largest absolute Gasteiger partial charge is 0.465 e. The van der Waals surface area contributed by atoms with Crippen molar-refractivity contribution in [3.63, 3.8) is 0 Å². The van der Waals surface area contributed by atoms with Gasteiger partial charge in [-0.1, -0.05) is 12.6 Å². The zero-order valence-corrected chi connectivity index (χ0v) is 8.02. The number of benzene rings is 1. The molecule has 5 nitrogen and oxygen atoms in total. The third kappa shape index (κ3) is 2.19. The molecule has 77 valence electrons. The highest BCUT2D eigenvalue weighted by Crippen LogP contribution is 2.21. The molecule has 1 rings (SSSR count). The molecule has 1 radical (unpaired) electrons. The van der Waals surface area contributed by atoms with E-state index in [2.05, 4.69) is 17.4 Å². The van der Waals surface area contributed by atoms with Crippen LogP contribution in [0.5, 0.6) is 0 Å². The summed E-state index contributed by atoms with van der Waals surface area (Å²) in [4.78, 5) is 21.2. The quantitative estimate of drug-likeness (QED) is 0.429. The number of hydrogen-bond acceptors (Lipinski definition) is 4. The number of nitro benzene ring substituents is 1. The van der Waals surface area contributed by atoms with Gasteiger partial charge in [0.2, 0.25) is 0 Å². The predicted octanol–water partition coefficient (Wildman–Crippen LogP) is 1.72. The third-order valence-corrected chi connectivity index (χ3v) is 1.80. The Morgan fingerprint density at radius 2 is 2.27 bits per heavy atom. The van der Waals surface area contributed by atoms with Crippen molar-refractivity contribution in [1.82, 2.24) is 0 Å². The second kappa shape index (κ2) is 4.36. The smallest absolute Gasteiger partial charge is 0.344 e. The fraction of sp³-hybridized carbons (Fsp3) is 0.100. The highest BCUT2D eigenvalue weighted by molar-refractivity contribution is 5.93. The van der Waals surface area contributed by atoms with Crippen LogP contribution in [0.3, 0.4) is 0 Å². The molecule has 0 N–H and O–H groups in total. The van der Waals surface area contributed by atoms with Crippen molar-refractivity contribution >= 4 is 11.7 Å². The van der Waals surface area contributed by atoms with Gasteiger partial charge >= 0.3 is 5.97 Å². The van der Waals surface area contributed by atoms with Crippen LogP contribution in [0.2, 0.25) is 0 Å². The van der Waals surface area contributed by atoms with Crippen LogP contribution in [-0.2, 0) is 4.74 Å². The van der Waals surface area contributed by atoms with Gasteiger partial charge < -0.3 is 4.74 Å². The molecule has 0 aliphatic rings. The zero-order valence-electron chi connectivity index (χ0n) is 8.02. The van der Waals surface area contributed by atoms with Crippen LogP contribution in [0.25, 0.3) is 0 Å². The number of carbonyl (C=O) groups is 1. The molecule has 0 aromatic heterocycles. The molecule has 0 amide bonds. The lowest BCUT2D eigenvalue weighted by molar-refractivity contribution is -0.385. The van der Waals surface area contributed by atoms with Crippen molar-refractivity contribution < 1.29 is 14.5 Å². The molecular weight excluding hydrogens is 198 g/mol. The lowest BCUT2D eigenvalue weighted by Gasteiger charge is -2.01. The van der Waals surface area contributed by atoms with E-state index in [1.54, 1.807) is 0 Å². The average Bonchev–Trinajstić information content (AvgIpc) is 2.27. The molecule has 0 unspecified atom stereocenters. The molecule has 0 atom stereocenters. The van der Waals surface area contributed by atoms with Gasteiger partial charge in [0.25, 0.3) is 5.69 Å². The minimum atomic E-state index is -0.739. The Morgan fingerprint density at radius 3 is 2.73 bits per heavy atom. The van der Waals surface area contributed by atoms with Crippen LogP contribution >= 0.6 is 0 Å². The van der Waals surface area contributed by atoms with E-state index in [1.165, 1.54) is 25.3 Å². The summed E-state index contributed by atoms with van der Waals surface area (Å²) in [5.41, 5.74) is 0.0614. The molecular formula is C10H8NO4. The van der Waals surface area contributed by atoms with Crippen molar-refractivity contribution in [3.8, 4) is 0 Å². The van der Waals surface area contributed by atoms with Gasteiger partial charge in [-0.25, -0.2) is 4.79 Å². The first kappa shape index (κ1) is 10.9. The topological polar surface area (TPSA) is 69.4 Å². The van der Waals surface area contributed by atoms with E-state index in [0.29, 0.717) is 5.56 Å². The van der Waals surface area contributed by atoms with Crippen molar-refractivity contribution in [1.29, 1.82) is 0 Å². The van der Waals surface area contributed by atoms with Crippen LogP contribution in [0.4, 0.5) is 5.69 Å². The summed E-state index contributed by atoms with van der Waals surface area (Å²) in [5.74, 6) is -0.739. The summed E-state index contributed by atoms with van der Waals surface area (Å²) in [6.07, 6.45) is 2.50. The maximum atomic E-state index is 11.2. The number of methoxy groups -OCH3 is 1. The minimum Gasteiger partial charge on any atom is -0.465 e. The molecule has 0 aliphatic carbocycles. The van der Waals surface area contributed by atoms with Crippen LogP contribution in [0.15, 0.2) is 24.8 Å². The molecule has 0 bridgehead atoms. The minimum absolute atomic E-state index is 0.0819. The van der Waals surface area contributed by atoms with E-state index in [9.17, 15) is 14.9 Å². The van der Waals surface area contributed by atoms with Gasteiger partial charge in [0.1, 0.15) is 5.56 Å². The standard InChI is InChI=1S/C10H8NO4/c1-3-7-4-5-8(10(12)15-2)9(6-7)11(13)14/h4-6H,1H2,2H3. The van der Waals surface area contributed by atoms with E-state index in [1.807, 2.05) is 0 Å². The Kier molecular flexibility index (Phi) is 3.17. The highest BCUT2D eigenvalue weighted by Gasteiger charge is 2.20. The van der Waals surface area contributed by atoms with Gasteiger partial charge in [-0.05, 0) is 17.7 Å². The van der Waals surface area contributed by atoms with Gasteiger partial charge in [0.15, 0.2) is 0 Å². The summed E-state index contributed by atoms with van der Waals surface area (Å²) in [5, 5.41) is 10.7. The first-order valence-electron chi connectivity index (χ1n) is 4.00. The van der Waals surface area contributed by atoms with E-state index in [4.69, 9.17) is 0 Å². The maximum absolute atomic E-state index is 11.2. The number of hydrogen-bond donors (Lipinski definition) is 0. The van der Waals surface area contributed by atoms with Gasteiger partial charge in [-0.15, -0.1) is 0 Å². The monoisotopic (exact) mass is 206 g/mol. The second-order valence-electron chi connectivity index (χ2n) is 2.66. The fourth-order valence-electron chi connectivity index (χ4n) is 1.08. The number of rotatable bonds is 3. The van der Waals surface area contributed by atoms with E-state index >= 15 is 0 Å². The highest BCUT2D eigenvalue weighted by atomic mass is 16.6. The summed E-state index contributed by atoms with van der Waals surface area (Å²) in [6.45, 7) is 3.36. The molecule has 0 spiro atoms. The molecule has 0 saturated heterocycles. The number of nitrogens with zero attached hydrogens (tertiary/aromatic N) is 1. The molecule has 0 saturated carbocycles. The Bertz CT molecular complexity index is 425. The summed E-state index contributed by atoms with van der Waals surface area (Å²) >= 11 is 0. The van der Waals surface area contributed by atoms with Crippen LogP contribution < -0.4 is 0 Å². The SMILES string of the molecule is C=[C]c1ccc(C(=O)OC)c([N+](=O)[O-])c1. The second-order valence-corrected chi connectivity index (χ2v) is 2.66. The molecule has 0 aliphatic heterocycles. The first-order valence-corrected chi connectivity index (χ1v) is 4.00. The average molecular weight is 206 g/mol. The van der Waals surface area contributed by atoms with Crippen LogP contribution in [0.1, 0.15) is 15.9 Å². The van der Waals surface area contributed by atoms with Crippen molar-refractivity contribution in [2.24, 2.45) is 0 Å². The lowest BCUT2D eigenvalue weighted by Crippen LogP contribution is -2.05. The van der Waals surface area contributed by atoms with Crippen molar-refractivity contribution in [2.45, 2.75) is 0 Å². The van der Waals surface area contributed by atoms with Crippen LogP contribution in [-0.4, -0.2) is 18.0 Å². The summed E-state index contributed by atoms with van der Waals surface area (Å²) in [7, 11) is 1.17. The van der Waals surface area contributed by atoms with E-state index in [-0.39, 0.29) is 11.3 Å². The molecule has 0 fully saturated rings. The molecule has 1 aromatic carbocycles. The lowest BCUT2D eigenvalue weighted by atomic mass is 10.1. The van der Waals surface area contributed by atoms with Crippen molar-refractivity contribution in [3.05, 3.63) is 52.1 Å². The van der Waals surface area contributed by atoms with Gasteiger partial charge in [-0.3, -0.25) is 10.1 Å². The predicted molar refractivity (Wildman–Crippen MR) is 52.4 cm³/mol. The Balaban J connectivity index is 3.33. The van der Waals surface area contributed by atoms with E-state index < -0.39 is 10.9 Å². The fourth-order valence-corrected chi connectivity index (χ4v) is 1.08. The van der Waals surface area contributed by atoms with Gasteiger partial charge in [0, 0.05) is 6.07 Å².